The van der Waals surface area contributed by atoms with Crippen molar-refractivity contribution in [1.82, 2.24) is 15.0 Å². The Labute approximate surface area is 90.8 Å². The summed E-state index contributed by atoms with van der Waals surface area (Å²) in [5, 5.41) is 4.17. The lowest BCUT2D eigenvalue weighted by molar-refractivity contribution is 0.247. The number of nitrogens with zero attached hydrogens (tertiary/aromatic N) is 2. The van der Waals surface area contributed by atoms with E-state index in [4.69, 9.17) is 0 Å². The number of hydrogen-bond donors (Lipinski definition) is 2. The molecule has 0 spiro atoms. The number of amides is 2. The van der Waals surface area contributed by atoms with E-state index in [0.717, 1.165) is 12.1 Å². The van der Waals surface area contributed by atoms with E-state index in [1.807, 2.05) is 18.2 Å². The van der Waals surface area contributed by atoms with E-state index < -0.39 is 0 Å². The average molecular weight is 218 g/mol. The van der Waals surface area contributed by atoms with Crippen molar-refractivity contribution < 1.29 is 4.79 Å². The average Bonchev–Trinajstić information content (AvgIpc) is 2.81. The smallest absolute Gasteiger partial charge is 0.328 e. The summed E-state index contributed by atoms with van der Waals surface area (Å²) in [4.78, 5) is 25.7. The second kappa shape index (κ2) is 3.13. The van der Waals surface area contributed by atoms with E-state index >= 15 is 0 Å². The topological polar surface area (TPSA) is 70.1 Å². The largest absolute Gasteiger partial charge is 0.344 e. The highest BCUT2D eigenvalue weighted by atomic mass is 16.2. The summed E-state index contributed by atoms with van der Waals surface area (Å²) in [5.41, 5.74) is 0.473. The zero-order valence-electron chi connectivity index (χ0n) is 8.38. The highest BCUT2D eigenvalue weighted by molar-refractivity contribution is 5.92. The lowest BCUT2D eigenvalue weighted by Gasteiger charge is -2.18. The summed E-state index contributed by atoms with van der Waals surface area (Å²) in [6.45, 7) is 0. The lowest BCUT2D eigenvalue weighted by atomic mass is 10.1. The van der Waals surface area contributed by atoms with Crippen LogP contribution in [-0.2, 0) is 0 Å². The molecule has 6 nitrogen and oxygen atoms in total. The van der Waals surface area contributed by atoms with Gasteiger partial charge in [-0.1, -0.05) is 12.2 Å². The molecule has 1 atom stereocenters. The summed E-state index contributed by atoms with van der Waals surface area (Å²) in [7, 11) is 0. The van der Waals surface area contributed by atoms with Gasteiger partial charge in [-0.05, 0) is 12.5 Å². The van der Waals surface area contributed by atoms with Gasteiger partial charge in [0.1, 0.15) is 0 Å². The number of hydrogen-bond acceptors (Lipinski definition) is 2. The second-order valence-electron chi connectivity index (χ2n) is 3.68. The van der Waals surface area contributed by atoms with Crippen LogP contribution in [0, 0.1) is 0 Å². The molecule has 16 heavy (non-hydrogen) atoms. The number of H-pyrrole nitrogens is 1. The molecule has 1 aliphatic heterocycles. The van der Waals surface area contributed by atoms with E-state index in [0.29, 0.717) is 0 Å². The molecule has 82 valence electrons. The van der Waals surface area contributed by atoms with Crippen molar-refractivity contribution in [3.63, 3.8) is 0 Å². The molecule has 1 aromatic rings. The number of urea groups is 1. The Kier molecular flexibility index (Phi) is 1.76. The molecule has 2 aliphatic rings. The quantitative estimate of drug-likeness (QED) is 0.699. The van der Waals surface area contributed by atoms with Crippen LogP contribution in [0.25, 0.3) is 0 Å². The number of carbonyl (C=O) groups excluding carboxylic acids is 1. The Morgan fingerprint density at radius 3 is 3.00 bits per heavy atom. The summed E-state index contributed by atoms with van der Waals surface area (Å²) in [6.07, 6.45) is 9.50. The number of nitrogens with one attached hydrogen (secondary N) is 2. The number of fused-ring (bicyclic) bond motifs is 1. The first-order chi connectivity index (χ1) is 7.77. The van der Waals surface area contributed by atoms with Crippen LogP contribution >= 0.6 is 0 Å². The van der Waals surface area contributed by atoms with Gasteiger partial charge in [-0.2, -0.15) is 5.01 Å². The van der Waals surface area contributed by atoms with Crippen molar-refractivity contribution in [2.24, 2.45) is 0 Å². The van der Waals surface area contributed by atoms with Crippen molar-refractivity contribution in [3.05, 3.63) is 46.8 Å². The van der Waals surface area contributed by atoms with Gasteiger partial charge in [0, 0.05) is 12.4 Å². The SMILES string of the molecule is O=C1NC2CC=CC=C2N1n1cc[nH]c1=O. The molecule has 6 heteroatoms. The normalized spacial score (nSPS) is 23.0. The van der Waals surface area contributed by atoms with Crippen LogP contribution in [-0.4, -0.2) is 21.7 Å². The molecule has 2 amide bonds. The Balaban J connectivity index is 2.10. The van der Waals surface area contributed by atoms with Gasteiger partial charge in [0.15, 0.2) is 0 Å². The van der Waals surface area contributed by atoms with Gasteiger partial charge >= 0.3 is 11.7 Å². The zero-order valence-corrected chi connectivity index (χ0v) is 8.38. The van der Waals surface area contributed by atoms with Crippen LogP contribution in [0.2, 0.25) is 0 Å². The minimum absolute atomic E-state index is 0.0284. The predicted molar refractivity (Wildman–Crippen MR) is 57.4 cm³/mol. The molecular formula is C10H10N4O2. The maximum Gasteiger partial charge on any atom is 0.344 e. The number of rotatable bonds is 1. The summed E-state index contributed by atoms with van der Waals surface area (Å²) in [5.74, 6) is 0. The Morgan fingerprint density at radius 2 is 2.25 bits per heavy atom. The molecule has 0 bridgehead atoms. The molecule has 3 rings (SSSR count). The van der Waals surface area contributed by atoms with Gasteiger partial charge in [-0.25, -0.2) is 14.3 Å². The summed E-state index contributed by atoms with van der Waals surface area (Å²) in [6, 6.07) is -0.305. The molecule has 1 aliphatic carbocycles. The van der Waals surface area contributed by atoms with Crippen LogP contribution in [0.5, 0.6) is 0 Å². The van der Waals surface area contributed by atoms with Crippen LogP contribution in [0.15, 0.2) is 41.1 Å². The molecule has 0 radical (unpaired) electrons. The first-order valence-electron chi connectivity index (χ1n) is 5.01. The minimum atomic E-state index is -0.328. The third kappa shape index (κ3) is 1.13. The number of imidazole rings is 1. The minimum Gasteiger partial charge on any atom is -0.328 e. The third-order valence-electron chi connectivity index (χ3n) is 2.71. The molecule has 0 saturated carbocycles. The van der Waals surface area contributed by atoms with Gasteiger partial charge in [0.2, 0.25) is 0 Å². The van der Waals surface area contributed by atoms with Gasteiger partial charge in [-0.3, -0.25) is 0 Å². The third-order valence-corrected chi connectivity index (χ3v) is 2.71. The first kappa shape index (κ1) is 9.02. The van der Waals surface area contributed by atoms with Crippen molar-refractivity contribution in [1.29, 1.82) is 0 Å². The summed E-state index contributed by atoms with van der Waals surface area (Å²) < 4.78 is 1.26. The number of carbonyl (C=O) groups is 1. The van der Waals surface area contributed by atoms with E-state index in [2.05, 4.69) is 10.3 Å². The lowest BCUT2D eigenvalue weighted by Crippen LogP contribution is -2.42. The van der Waals surface area contributed by atoms with Gasteiger partial charge in [-0.15, -0.1) is 0 Å². The number of aromatic nitrogens is 2. The molecule has 1 saturated heterocycles. The molecule has 1 aromatic heterocycles. The fourth-order valence-corrected chi connectivity index (χ4v) is 1.99. The van der Waals surface area contributed by atoms with Crippen molar-refractivity contribution in [2.45, 2.75) is 12.5 Å². The van der Waals surface area contributed by atoms with Crippen LogP contribution in [0.4, 0.5) is 4.79 Å². The molecule has 2 heterocycles. The first-order valence-corrected chi connectivity index (χ1v) is 5.01. The highest BCUT2D eigenvalue weighted by Gasteiger charge is 2.36. The van der Waals surface area contributed by atoms with Gasteiger partial charge in [0.05, 0.1) is 11.7 Å². The maximum absolute atomic E-state index is 11.8. The fourth-order valence-electron chi connectivity index (χ4n) is 1.99. The molecule has 0 aromatic carbocycles. The van der Waals surface area contributed by atoms with Crippen molar-refractivity contribution in [3.8, 4) is 0 Å². The highest BCUT2D eigenvalue weighted by Crippen LogP contribution is 2.21. The van der Waals surface area contributed by atoms with Gasteiger partial charge in [0.25, 0.3) is 0 Å². The van der Waals surface area contributed by atoms with E-state index in [1.54, 1.807) is 0 Å². The monoisotopic (exact) mass is 218 g/mol. The zero-order chi connectivity index (χ0) is 11.1. The van der Waals surface area contributed by atoms with Crippen molar-refractivity contribution >= 4 is 6.03 Å². The van der Waals surface area contributed by atoms with Crippen molar-refractivity contribution in [2.75, 3.05) is 5.01 Å². The van der Waals surface area contributed by atoms with E-state index in [1.165, 1.54) is 22.1 Å². The van der Waals surface area contributed by atoms with Crippen LogP contribution in [0.3, 0.4) is 0 Å². The standard InChI is InChI=1S/C10H10N4O2/c15-9-11-5-6-13(9)14-8-4-2-1-3-7(8)12-10(14)16/h1-2,4-7H,3H2,(H,11,15)(H,12,16). The Hall–Kier alpha value is -2.24. The van der Waals surface area contributed by atoms with E-state index in [9.17, 15) is 9.59 Å². The van der Waals surface area contributed by atoms with E-state index in [-0.39, 0.29) is 17.8 Å². The van der Waals surface area contributed by atoms with Gasteiger partial charge < -0.3 is 10.3 Å². The molecular weight excluding hydrogens is 208 g/mol. The fraction of sp³-hybridized carbons (Fsp3) is 0.200. The molecule has 1 fully saturated rings. The number of allylic oxidation sites excluding steroid dienone is 2. The van der Waals surface area contributed by atoms with Crippen LogP contribution < -0.4 is 16.0 Å². The van der Waals surface area contributed by atoms with Crippen LogP contribution in [0.1, 0.15) is 6.42 Å². The predicted octanol–water partition coefficient (Wildman–Crippen LogP) is 0.0500. The summed E-state index contributed by atoms with van der Waals surface area (Å²) >= 11 is 0. The molecule has 2 N–H and O–H groups in total. The number of aromatic amines is 1. The second-order valence-corrected chi connectivity index (χ2v) is 3.68. The molecule has 1 unspecified atom stereocenters. The Morgan fingerprint density at radius 1 is 1.38 bits per heavy atom. The maximum atomic E-state index is 11.8. The Bertz CT molecular complexity index is 551.